The first-order valence-electron chi connectivity index (χ1n) is 7.97. The molecule has 1 aliphatic carbocycles. The van der Waals surface area contributed by atoms with E-state index in [0.717, 1.165) is 32.1 Å². The van der Waals surface area contributed by atoms with Crippen molar-refractivity contribution < 1.29 is 9.59 Å². The molecule has 4 nitrogen and oxygen atoms in total. The molecule has 0 aromatic carbocycles. The zero-order valence-corrected chi connectivity index (χ0v) is 13.2. The zero-order valence-electron chi connectivity index (χ0n) is 13.2. The van der Waals surface area contributed by atoms with Gasteiger partial charge in [-0.25, -0.2) is 0 Å². The van der Waals surface area contributed by atoms with Crippen LogP contribution in [0.15, 0.2) is 0 Å². The molecule has 2 rings (SSSR count). The molecule has 0 aromatic heterocycles. The van der Waals surface area contributed by atoms with Crippen LogP contribution in [0.1, 0.15) is 59.8 Å². The summed E-state index contributed by atoms with van der Waals surface area (Å²) in [6.07, 6.45) is 5.36. The van der Waals surface area contributed by atoms with Gasteiger partial charge in [-0.1, -0.05) is 40.5 Å². The molecule has 1 saturated heterocycles. The Balaban J connectivity index is 2.16. The molecule has 0 spiro atoms. The standard InChI is InChI=1S/C16H28N2O2/c1-5-6-7-10-18-13(16(2,3)4)14(19)17-12(15(18)20)11-8-9-11/h11-13H,5-10H2,1-4H3,(H,17,19). The van der Waals surface area contributed by atoms with E-state index in [0.29, 0.717) is 12.5 Å². The van der Waals surface area contributed by atoms with Gasteiger partial charge in [0.25, 0.3) is 0 Å². The fraction of sp³-hybridized carbons (Fsp3) is 0.875. The number of nitrogens with zero attached hydrogens (tertiary/aromatic N) is 1. The Morgan fingerprint density at radius 3 is 2.35 bits per heavy atom. The van der Waals surface area contributed by atoms with E-state index in [9.17, 15) is 9.59 Å². The molecular formula is C16H28N2O2. The number of rotatable bonds is 5. The van der Waals surface area contributed by atoms with Gasteiger partial charge >= 0.3 is 0 Å². The fourth-order valence-corrected chi connectivity index (χ4v) is 3.12. The summed E-state index contributed by atoms with van der Waals surface area (Å²) in [6.45, 7) is 8.97. The van der Waals surface area contributed by atoms with Gasteiger partial charge < -0.3 is 10.2 Å². The Morgan fingerprint density at radius 1 is 1.20 bits per heavy atom. The molecule has 0 aromatic rings. The Labute approximate surface area is 122 Å². The minimum Gasteiger partial charge on any atom is -0.342 e. The predicted molar refractivity (Wildman–Crippen MR) is 79.1 cm³/mol. The molecule has 0 bridgehead atoms. The van der Waals surface area contributed by atoms with E-state index in [1.54, 1.807) is 0 Å². The third-order valence-corrected chi connectivity index (χ3v) is 4.32. The number of hydrogen-bond acceptors (Lipinski definition) is 2. The average Bonchev–Trinajstić information content (AvgIpc) is 3.15. The molecule has 0 radical (unpaired) electrons. The van der Waals surface area contributed by atoms with E-state index in [-0.39, 0.29) is 29.3 Å². The molecule has 1 heterocycles. The molecule has 2 fully saturated rings. The molecule has 1 N–H and O–H groups in total. The number of carbonyl (C=O) groups is 2. The summed E-state index contributed by atoms with van der Waals surface area (Å²) in [5.74, 6) is 0.551. The van der Waals surface area contributed by atoms with Crippen LogP contribution in [0.25, 0.3) is 0 Å². The van der Waals surface area contributed by atoms with Crippen molar-refractivity contribution in [1.82, 2.24) is 10.2 Å². The number of unbranched alkanes of at least 4 members (excludes halogenated alkanes) is 2. The first kappa shape index (κ1) is 15.3. The molecule has 1 saturated carbocycles. The van der Waals surface area contributed by atoms with Crippen LogP contribution in [-0.4, -0.2) is 35.3 Å². The Morgan fingerprint density at radius 2 is 1.85 bits per heavy atom. The molecule has 20 heavy (non-hydrogen) atoms. The number of nitrogens with one attached hydrogen (secondary N) is 1. The molecule has 2 amide bonds. The highest BCUT2D eigenvalue weighted by Crippen LogP contribution is 2.37. The lowest BCUT2D eigenvalue weighted by atomic mass is 9.82. The van der Waals surface area contributed by atoms with Crippen molar-refractivity contribution in [2.75, 3.05) is 6.54 Å². The Kier molecular flexibility index (Phi) is 4.40. The summed E-state index contributed by atoms with van der Waals surface area (Å²) in [7, 11) is 0. The highest BCUT2D eigenvalue weighted by atomic mass is 16.2. The molecule has 2 atom stereocenters. The van der Waals surface area contributed by atoms with Crippen molar-refractivity contribution in [3.63, 3.8) is 0 Å². The maximum absolute atomic E-state index is 12.7. The lowest BCUT2D eigenvalue weighted by Crippen LogP contribution is -2.67. The van der Waals surface area contributed by atoms with E-state index in [1.807, 2.05) is 25.7 Å². The molecule has 2 aliphatic rings. The van der Waals surface area contributed by atoms with Crippen LogP contribution in [0.3, 0.4) is 0 Å². The second-order valence-corrected chi connectivity index (χ2v) is 7.33. The Bertz CT molecular complexity index is 382. The topological polar surface area (TPSA) is 49.4 Å². The first-order chi connectivity index (χ1) is 9.36. The normalized spacial score (nSPS) is 27.7. The summed E-state index contributed by atoms with van der Waals surface area (Å²) >= 11 is 0. The summed E-state index contributed by atoms with van der Waals surface area (Å²) in [5.41, 5.74) is -0.222. The number of amides is 2. The lowest BCUT2D eigenvalue weighted by Gasteiger charge is -2.45. The summed E-state index contributed by atoms with van der Waals surface area (Å²) in [5, 5.41) is 2.97. The first-order valence-corrected chi connectivity index (χ1v) is 7.97. The van der Waals surface area contributed by atoms with Crippen LogP contribution < -0.4 is 5.32 Å². The maximum atomic E-state index is 12.7. The van der Waals surface area contributed by atoms with Gasteiger partial charge in [-0.3, -0.25) is 9.59 Å². The summed E-state index contributed by atoms with van der Waals surface area (Å²) in [4.78, 5) is 27.0. The van der Waals surface area contributed by atoms with Gasteiger partial charge in [-0.2, -0.15) is 0 Å². The minimum atomic E-state index is -0.332. The van der Waals surface area contributed by atoms with E-state index in [2.05, 4.69) is 12.2 Å². The second kappa shape index (κ2) is 5.74. The third kappa shape index (κ3) is 3.15. The van der Waals surface area contributed by atoms with Gasteiger partial charge in [0.15, 0.2) is 0 Å². The van der Waals surface area contributed by atoms with Crippen LogP contribution in [0.4, 0.5) is 0 Å². The quantitative estimate of drug-likeness (QED) is 0.786. The van der Waals surface area contributed by atoms with Crippen LogP contribution in [0.2, 0.25) is 0 Å². The average molecular weight is 280 g/mol. The van der Waals surface area contributed by atoms with Gasteiger partial charge in [0.05, 0.1) is 0 Å². The number of hydrogen-bond donors (Lipinski definition) is 1. The largest absolute Gasteiger partial charge is 0.342 e. The lowest BCUT2D eigenvalue weighted by molar-refractivity contribution is -0.154. The van der Waals surface area contributed by atoms with Gasteiger partial charge in [0, 0.05) is 6.54 Å². The van der Waals surface area contributed by atoms with Gasteiger partial charge in [0.1, 0.15) is 12.1 Å². The molecule has 114 valence electrons. The van der Waals surface area contributed by atoms with Crippen molar-refractivity contribution in [2.24, 2.45) is 11.3 Å². The van der Waals surface area contributed by atoms with Crippen molar-refractivity contribution in [3.8, 4) is 0 Å². The predicted octanol–water partition coefficient (Wildman–Crippen LogP) is 2.33. The zero-order chi connectivity index (χ0) is 14.9. The monoisotopic (exact) mass is 280 g/mol. The minimum absolute atomic E-state index is 0.0329. The van der Waals surface area contributed by atoms with Crippen molar-refractivity contribution in [1.29, 1.82) is 0 Å². The van der Waals surface area contributed by atoms with E-state index in [1.165, 1.54) is 0 Å². The van der Waals surface area contributed by atoms with Crippen LogP contribution in [0, 0.1) is 11.3 Å². The van der Waals surface area contributed by atoms with Crippen LogP contribution in [0.5, 0.6) is 0 Å². The van der Waals surface area contributed by atoms with E-state index >= 15 is 0 Å². The number of carbonyl (C=O) groups excluding carboxylic acids is 2. The van der Waals surface area contributed by atoms with Crippen LogP contribution >= 0.6 is 0 Å². The van der Waals surface area contributed by atoms with Crippen molar-refractivity contribution in [2.45, 2.75) is 71.9 Å². The van der Waals surface area contributed by atoms with Gasteiger partial charge in [0.2, 0.25) is 11.8 Å². The van der Waals surface area contributed by atoms with Crippen LogP contribution in [-0.2, 0) is 9.59 Å². The number of piperazine rings is 1. The second-order valence-electron chi connectivity index (χ2n) is 7.33. The SMILES string of the molecule is CCCCCN1C(=O)C(C2CC2)NC(=O)C1C(C)(C)C. The van der Waals surface area contributed by atoms with Crippen molar-refractivity contribution >= 4 is 11.8 Å². The third-order valence-electron chi connectivity index (χ3n) is 4.32. The molecule has 1 aliphatic heterocycles. The molecular weight excluding hydrogens is 252 g/mol. The molecule has 2 unspecified atom stereocenters. The summed E-state index contributed by atoms with van der Waals surface area (Å²) < 4.78 is 0. The highest BCUT2D eigenvalue weighted by Gasteiger charge is 2.49. The van der Waals surface area contributed by atoms with Gasteiger partial charge in [-0.15, -0.1) is 0 Å². The summed E-state index contributed by atoms with van der Waals surface area (Å²) in [6, 6.07) is -0.593. The Hall–Kier alpha value is -1.06. The smallest absolute Gasteiger partial charge is 0.246 e. The maximum Gasteiger partial charge on any atom is 0.246 e. The van der Waals surface area contributed by atoms with Crippen molar-refractivity contribution in [3.05, 3.63) is 0 Å². The fourth-order valence-electron chi connectivity index (χ4n) is 3.12. The van der Waals surface area contributed by atoms with E-state index in [4.69, 9.17) is 0 Å². The van der Waals surface area contributed by atoms with Gasteiger partial charge in [-0.05, 0) is 30.6 Å². The highest BCUT2D eigenvalue weighted by molar-refractivity contribution is 5.97. The van der Waals surface area contributed by atoms with E-state index < -0.39 is 0 Å². The molecule has 4 heteroatoms.